The number of carbonyl (C=O) groups is 1. The number of nitrogens with one attached hydrogen (secondary N) is 1. The Balaban J connectivity index is 1.95. The van der Waals surface area contributed by atoms with Crippen LogP contribution in [0.3, 0.4) is 0 Å². The van der Waals surface area contributed by atoms with Crippen molar-refractivity contribution in [3.05, 3.63) is 84.8 Å². The first-order chi connectivity index (χ1) is 9.74. The van der Waals surface area contributed by atoms with E-state index in [1.54, 1.807) is 12.1 Å². The Bertz CT molecular complexity index is 772. The van der Waals surface area contributed by atoms with E-state index in [9.17, 15) is 4.79 Å². The highest BCUT2D eigenvalue weighted by Gasteiger charge is 2.08. The summed E-state index contributed by atoms with van der Waals surface area (Å²) in [5, 5.41) is 5.11. The minimum atomic E-state index is -0.119. The van der Waals surface area contributed by atoms with E-state index in [1.807, 2.05) is 54.6 Å². The van der Waals surface area contributed by atoms with E-state index in [4.69, 9.17) is 0 Å². The Kier molecular flexibility index (Phi) is 3.21. The van der Waals surface area contributed by atoms with E-state index in [0.717, 1.165) is 22.0 Å². The lowest BCUT2D eigenvalue weighted by molar-refractivity contribution is 0.102. The van der Waals surface area contributed by atoms with Gasteiger partial charge in [-0.3, -0.25) is 4.79 Å². The van der Waals surface area contributed by atoms with Crippen molar-refractivity contribution in [2.24, 2.45) is 0 Å². The minimum absolute atomic E-state index is 0.119. The molecule has 0 bridgehead atoms. The van der Waals surface area contributed by atoms with Gasteiger partial charge in [-0.25, -0.2) is 0 Å². The summed E-state index contributed by atoms with van der Waals surface area (Å²) in [6.45, 7) is 3.84. The van der Waals surface area contributed by atoms with Crippen LogP contribution in [-0.2, 0) is 0 Å². The fraction of sp³-hybridized carbons (Fsp3) is 0. The summed E-state index contributed by atoms with van der Waals surface area (Å²) >= 11 is 0. The lowest BCUT2D eigenvalue weighted by Gasteiger charge is -2.09. The second-order valence-electron chi connectivity index (χ2n) is 4.68. The van der Waals surface area contributed by atoms with Gasteiger partial charge >= 0.3 is 0 Å². The summed E-state index contributed by atoms with van der Waals surface area (Å²) in [5.74, 6) is -0.119. The number of hydrogen-bond acceptors (Lipinski definition) is 1. The van der Waals surface area contributed by atoms with Gasteiger partial charge in [-0.05, 0) is 36.1 Å². The number of hydrogen-bond donors (Lipinski definition) is 1. The molecule has 1 radical (unpaired) electrons. The van der Waals surface area contributed by atoms with E-state index in [0.29, 0.717) is 5.56 Å². The molecule has 0 saturated heterocycles. The number of fused-ring (bicyclic) bond motifs is 1. The molecule has 0 aromatic heterocycles. The van der Waals surface area contributed by atoms with Crippen LogP contribution in [0.1, 0.15) is 15.9 Å². The summed E-state index contributed by atoms with van der Waals surface area (Å²) < 4.78 is 0. The monoisotopic (exact) mass is 260 g/mol. The first-order valence-electron chi connectivity index (χ1n) is 6.45. The topological polar surface area (TPSA) is 29.1 Å². The molecule has 2 heteroatoms. The maximum atomic E-state index is 12.3. The molecule has 0 fully saturated rings. The second-order valence-corrected chi connectivity index (χ2v) is 4.68. The Labute approximate surface area is 118 Å². The molecule has 3 aromatic carbocycles. The molecule has 97 valence electrons. The van der Waals surface area contributed by atoms with Gasteiger partial charge in [0, 0.05) is 16.6 Å². The second kappa shape index (κ2) is 5.17. The van der Waals surface area contributed by atoms with E-state index in [2.05, 4.69) is 12.2 Å². The van der Waals surface area contributed by atoms with Gasteiger partial charge in [-0.15, -0.1) is 0 Å². The molecule has 3 aromatic rings. The molecule has 0 aliphatic carbocycles. The number of benzene rings is 3. The fourth-order valence-electron chi connectivity index (χ4n) is 2.24. The highest BCUT2D eigenvalue weighted by atomic mass is 16.1. The molecule has 0 spiro atoms. The quantitative estimate of drug-likeness (QED) is 0.732. The first kappa shape index (κ1) is 12.4. The summed E-state index contributed by atoms with van der Waals surface area (Å²) in [6.07, 6.45) is 0. The number of carbonyl (C=O) groups excluding carboxylic acids is 1. The van der Waals surface area contributed by atoms with Crippen LogP contribution < -0.4 is 5.32 Å². The molecule has 3 rings (SSSR count). The van der Waals surface area contributed by atoms with Crippen LogP contribution in [0.4, 0.5) is 5.69 Å². The molecule has 2 nitrogen and oxygen atoms in total. The predicted octanol–water partition coefficient (Wildman–Crippen LogP) is 4.27. The van der Waals surface area contributed by atoms with Crippen molar-refractivity contribution in [1.82, 2.24) is 0 Å². The van der Waals surface area contributed by atoms with Gasteiger partial charge in [0.2, 0.25) is 0 Å². The molecular weight excluding hydrogens is 246 g/mol. The number of amides is 1. The summed E-state index contributed by atoms with van der Waals surface area (Å²) in [4.78, 5) is 12.3. The van der Waals surface area contributed by atoms with Crippen LogP contribution in [0.15, 0.2) is 66.7 Å². The maximum Gasteiger partial charge on any atom is 0.255 e. The van der Waals surface area contributed by atoms with Gasteiger partial charge in [-0.1, -0.05) is 48.5 Å². The van der Waals surface area contributed by atoms with Gasteiger partial charge < -0.3 is 5.32 Å². The van der Waals surface area contributed by atoms with Gasteiger partial charge in [-0.2, -0.15) is 0 Å². The molecule has 0 aliphatic rings. The number of rotatable bonds is 2. The van der Waals surface area contributed by atoms with Crippen LogP contribution in [0.5, 0.6) is 0 Å². The smallest absolute Gasteiger partial charge is 0.255 e. The van der Waals surface area contributed by atoms with Gasteiger partial charge in [0.25, 0.3) is 5.91 Å². The van der Waals surface area contributed by atoms with Crippen molar-refractivity contribution >= 4 is 22.4 Å². The summed E-state index contributed by atoms with van der Waals surface area (Å²) in [6, 6.07) is 21.1. The van der Waals surface area contributed by atoms with E-state index in [-0.39, 0.29) is 5.91 Å². The lowest BCUT2D eigenvalue weighted by Crippen LogP contribution is -2.12. The summed E-state index contributed by atoms with van der Waals surface area (Å²) in [7, 11) is 0. The minimum Gasteiger partial charge on any atom is -0.321 e. The molecule has 20 heavy (non-hydrogen) atoms. The average Bonchev–Trinajstić information content (AvgIpc) is 2.47. The van der Waals surface area contributed by atoms with Crippen molar-refractivity contribution in [2.45, 2.75) is 0 Å². The van der Waals surface area contributed by atoms with Crippen LogP contribution in [0, 0.1) is 6.92 Å². The normalized spacial score (nSPS) is 10.4. The van der Waals surface area contributed by atoms with Crippen LogP contribution in [-0.4, -0.2) is 5.91 Å². The lowest BCUT2D eigenvalue weighted by atomic mass is 10.1. The molecule has 0 heterocycles. The molecule has 1 amide bonds. The standard InChI is InChI=1S/C18H14NO/c1-13-6-4-9-15(12-13)18(20)19-17-11-5-8-14-7-2-3-10-16(14)17/h2-12H,1H2,(H,19,20). The SMILES string of the molecule is [CH2]c1cccc(C(=O)Nc2cccc3ccccc23)c1. The zero-order chi connectivity index (χ0) is 13.9. The van der Waals surface area contributed by atoms with Gasteiger partial charge in [0.05, 0.1) is 0 Å². The van der Waals surface area contributed by atoms with Crippen molar-refractivity contribution in [1.29, 1.82) is 0 Å². The Morgan fingerprint density at radius 2 is 1.65 bits per heavy atom. The van der Waals surface area contributed by atoms with Crippen molar-refractivity contribution in [2.75, 3.05) is 5.32 Å². The van der Waals surface area contributed by atoms with Crippen LogP contribution >= 0.6 is 0 Å². The van der Waals surface area contributed by atoms with E-state index in [1.165, 1.54) is 0 Å². The Morgan fingerprint density at radius 1 is 0.900 bits per heavy atom. The third kappa shape index (κ3) is 2.41. The Morgan fingerprint density at radius 3 is 2.50 bits per heavy atom. The highest BCUT2D eigenvalue weighted by Crippen LogP contribution is 2.23. The molecule has 0 atom stereocenters. The largest absolute Gasteiger partial charge is 0.321 e. The zero-order valence-electron chi connectivity index (χ0n) is 11.0. The zero-order valence-corrected chi connectivity index (χ0v) is 11.0. The van der Waals surface area contributed by atoms with E-state index >= 15 is 0 Å². The highest BCUT2D eigenvalue weighted by molar-refractivity contribution is 6.09. The first-order valence-corrected chi connectivity index (χ1v) is 6.45. The molecular formula is C18H14NO. The molecule has 0 aliphatic heterocycles. The number of anilines is 1. The van der Waals surface area contributed by atoms with Crippen molar-refractivity contribution < 1.29 is 4.79 Å². The van der Waals surface area contributed by atoms with Gasteiger partial charge in [0.15, 0.2) is 0 Å². The third-order valence-corrected chi connectivity index (χ3v) is 3.23. The molecule has 1 N–H and O–H groups in total. The van der Waals surface area contributed by atoms with E-state index < -0.39 is 0 Å². The van der Waals surface area contributed by atoms with Crippen LogP contribution in [0.25, 0.3) is 10.8 Å². The maximum absolute atomic E-state index is 12.3. The Hall–Kier alpha value is -2.61. The fourth-order valence-corrected chi connectivity index (χ4v) is 2.24. The van der Waals surface area contributed by atoms with Gasteiger partial charge in [0.1, 0.15) is 0 Å². The third-order valence-electron chi connectivity index (χ3n) is 3.23. The average molecular weight is 260 g/mol. The van der Waals surface area contributed by atoms with Crippen molar-refractivity contribution in [3.8, 4) is 0 Å². The van der Waals surface area contributed by atoms with Crippen molar-refractivity contribution in [3.63, 3.8) is 0 Å². The molecule has 0 unspecified atom stereocenters. The summed E-state index contributed by atoms with van der Waals surface area (Å²) in [5.41, 5.74) is 2.27. The predicted molar refractivity (Wildman–Crippen MR) is 82.8 cm³/mol. The van der Waals surface area contributed by atoms with Crippen LogP contribution in [0.2, 0.25) is 0 Å². The molecule has 0 saturated carbocycles.